The quantitative estimate of drug-likeness (QED) is 0.725. The zero-order valence-electron chi connectivity index (χ0n) is 15.8. The van der Waals surface area contributed by atoms with Gasteiger partial charge < -0.3 is 16.0 Å². The molecule has 3 aromatic rings. The van der Waals surface area contributed by atoms with Crippen molar-refractivity contribution >= 4 is 22.3 Å². The van der Waals surface area contributed by atoms with Crippen LogP contribution in [0.5, 0.6) is 0 Å². The third-order valence-corrected chi connectivity index (χ3v) is 5.44. The fraction of sp³-hybridized carbons (Fsp3) is 0.318. The van der Waals surface area contributed by atoms with Crippen molar-refractivity contribution in [2.45, 2.75) is 13.3 Å². The highest BCUT2D eigenvalue weighted by molar-refractivity contribution is 5.98. The highest BCUT2D eigenvalue weighted by Gasteiger charge is 2.19. The zero-order valence-corrected chi connectivity index (χ0v) is 15.8. The van der Waals surface area contributed by atoms with Gasteiger partial charge in [0.15, 0.2) is 0 Å². The van der Waals surface area contributed by atoms with Crippen LogP contribution in [-0.4, -0.2) is 36.6 Å². The minimum atomic E-state index is -0.207. The van der Waals surface area contributed by atoms with Crippen LogP contribution in [0.3, 0.4) is 0 Å². The van der Waals surface area contributed by atoms with Gasteiger partial charge in [-0.3, -0.25) is 0 Å². The first-order valence-corrected chi connectivity index (χ1v) is 9.38. The Morgan fingerprint density at radius 1 is 1.30 bits per heavy atom. The predicted octanol–water partition coefficient (Wildman–Crippen LogP) is 4.30. The van der Waals surface area contributed by atoms with E-state index >= 15 is 0 Å². The Hall–Kier alpha value is -2.66. The van der Waals surface area contributed by atoms with Crippen molar-refractivity contribution in [2.24, 2.45) is 5.92 Å². The Balaban J connectivity index is 1.77. The number of nitrogen functional groups attached to an aromatic ring is 1. The number of fused-ring (bicyclic) bond motifs is 1. The smallest absolute Gasteiger partial charge is 0.131 e. The molecule has 1 fully saturated rings. The van der Waals surface area contributed by atoms with E-state index in [9.17, 15) is 4.39 Å². The average Bonchev–Trinajstić information content (AvgIpc) is 3.05. The number of rotatable bonds is 4. The summed E-state index contributed by atoms with van der Waals surface area (Å²) in [6.45, 7) is 5.06. The van der Waals surface area contributed by atoms with E-state index in [0.29, 0.717) is 17.3 Å². The third kappa shape index (κ3) is 3.60. The van der Waals surface area contributed by atoms with E-state index in [4.69, 9.17) is 5.73 Å². The van der Waals surface area contributed by atoms with Gasteiger partial charge >= 0.3 is 0 Å². The van der Waals surface area contributed by atoms with Gasteiger partial charge in [-0.05, 0) is 68.2 Å². The van der Waals surface area contributed by atoms with E-state index in [1.807, 2.05) is 31.2 Å². The highest BCUT2D eigenvalue weighted by Crippen LogP contribution is 2.34. The monoisotopic (exact) mass is 364 g/mol. The molecular weight excluding hydrogens is 339 g/mol. The molecule has 4 rings (SSSR count). The largest absolute Gasteiger partial charge is 0.384 e. The summed E-state index contributed by atoms with van der Waals surface area (Å²) in [6.07, 6.45) is 2.95. The number of pyridine rings is 1. The van der Waals surface area contributed by atoms with Crippen molar-refractivity contribution in [3.05, 3.63) is 54.0 Å². The number of nitrogens with zero attached hydrogens (tertiary/aromatic N) is 2. The topological polar surface area (TPSA) is 54.2 Å². The van der Waals surface area contributed by atoms with Gasteiger partial charge in [0.2, 0.25) is 0 Å². The molecule has 3 N–H and O–H groups in total. The molecule has 0 spiro atoms. The number of nitrogens with one attached hydrogen (secondary N) is 1. The number of aromatic nitrogens is 1. The molecule has 1 atom stereocenters. The van der Waals surface area contributed by atoms with Crippen LogP contribution in [0.15, 0.2) is 42.6 Å². The highest BCUT2D eigenvalue weighted by atomic mass is 19.1. The number of halogens is 1. The molecule has 5 heteroatoms. The van der Waals surface area contributed by atoms with Crippen molar-refractivity contribution in [1.82, 2.24) is 9.88 Å². The Kier molecular flexibility index (Phi) is 4.70. The second-order valence-corrected chi connectivity index (χ2v) is 7.58. The van der Waals surface area contributed by atoms with E-state index in [0.717, 1.165) is 47.2 Å². The van der Waals surface area contributed by atoms with Crippen molar-refractivity contribution in [2.75, 3.05) is 37.7 Å². The van der Waals surface area contributed by atoms with Crippen LogP contribution in [0.1, 0.15) is 12.0 Å². The van der Waals surface area contributed by atoms with E-state index in [1.165, 1.54) is 12.5 Å². The van der Waals surface area contributed by atoms with Gasteiger partial charge in [-0.1, -0.05) is 12.1 Å². The molecule has 0 bridgehead atoms. The molecule has 27 heavy (non-hydrogen) atoms. The summed E-state index contributed by atoms with van der Waals surface area (Å²) >= 11 is 0. The maximum atomic E-state index is 14.5. The number of hydrogen-bond acceptors (Lipinski definition) is 4. The van der Waals surface area contributed by atoms with Crippen molar-refractivity contribution in [1.29, 1.82) is 0 Å². The first kappa shape index (κ1) is 17.7. The van der Waals surface area contributed by atoms with E-state index in [-0.39, 0.29) is 5.82 Å². The second-order valence-electron chi connectivity index (χ2n) is 7.58. The summed E-state index contributed by atoms with van der Waals surface area (Å²) in [5, 5.41) is 5.57. The minimum absolute atomic E-state index is 0.207. The van der Waals surface area contributed by atoms with Crippen LogP contribution in [-0.2, 0) is 0 Å². The molecule has 140 valence electrons. The maximum absolute atomic E-state index is 14.5. The summed E-state index contributed by atoms with van der Waals surface area (Å²) in [5.74, 6) is 0.894. The molecule has 2 aromatic carbocycles. The van der Waals surface area contributed by atoms with Crippen LogP contribution in [0.2, 0.25) is 0 Å². The second kappa shape index (κ2) is 7.16. The molecule has 1 saturated heterocycles. The summed E-state index contributed by atoms with van der Waals surface area (Å²) < 4.78 is 14.5. The van der Waals surface area contributed by atoms with Crippen molar-refractivity contribution < 1.29 is 4.39 Å². The number of anilines is 2. The average molecular weight is 364 g/mol. The first-order chi connectivity index (χ1) is 13.0. The van der Waals surface area contributed by atoms with Gasteiger partial charge in [0.1, 0.15) is 11.6 Å². The molecule has 1 aromatic heterocycles. The first-order valence-electron chi connectivity index (χ1n) is 9.38. The lowest BCUT2D eigenvalue weighted by Crippen LogP contribution is -2.19. The van der Waals surface area contributed by atoms with Crippen molar-refractivity contribution in [3.8, 4) is 11.1 Å². The van der Waals surface area contributed by atoms with Gasteiger partial charge in [-0.15, -0.1) is 0 Å². The maximum Gasteiger partial charge on any atom is 0.131 e. The number of hydrogen-bond donors (Lipinski definition) is 2. The lowest BCUT2D eigenvalue weighted by molar-refractivity contribution is 0.399. The van der Waals surface area contributed by atoms with Gasteiger partial charge in [-0.2, -0.15) is 0 Å². The van der Waals surface area contributed by atoms with Gasteiger partial charge in [0.25, 0.3) is 0 Å². The van der Waals surface area contributed by atoms with Gasteiger partial charge in [0.05, 0.1) is 0 Å². The molecule has 0 radical (unpaired) electrons. The Labute approximate surface area is 159 Å². The molecule has 4 nitrogen and oxygen atoms in total. The van der Waals surface area contributed by atoms with Crippen LogP contribution >= 0.6 is 0 Å². The van der Waals surface area contributed by atoms with Crippen LogP contribution in [0, 0.1) is 18.7 Å². The fourth-order valence-electron chi connectivity index (χ4n) is 4.01. The van der Waals surface area contributed by atoms with Crippen LogP contribution < -0.4 is 11.1 Å². The summed E-state index contributed by atoms with van der Waals surface area (Å²) in [4.78, 5) is 6.58. The van der Waals surface area contributed by atoms with E-state index in [2.05, 4.69) is 22.2 Å². The molecule has 2 heterocycles. The van der Waals surface area contributed by atoms with Crippen LogP contribution in [0.4, 0.5) is 15.9 Å². The predicted molar refractivity (Wildman–Crippen MR) is 110 cm³/mol. The zero-order chi connectivity index (χ0) is 19.0. The molecule has 0 aliphatic carbocycles. The van der Waals surface area contributed by atoms with Gasteiger partial charge in [-0.25, -0.2) is 9.37 Å². The van der Waals surface area contributed by atoms with Gasteiger partial charge in [0, 0.05) is 41.3 Å². The molecule has 0 saturated carbocycles. The van der Waals surface area contributed by atoms with Crippen molar-refractivity contribution in [3.63, 3.8) is 0 Å². The Morgan fingerprint density at radius 3 is 2.89 bits per heavy atom. The van der Waals surface area contributed by atoms with E-state index in [1.54, 1.807) is 12.3 Å². The number of nitrogens with two attached hydrogens (primary N) is 1. The lowest BCUT2D eigenvalue weighted by Gasteiger charge is -2.17. The summed E-state index contributed by atoms with van der Waals surface area (Å²) in [6, 6.07) is 11.1. The fourth-order valence-corrected chi connectivity index (χ4v) is 4.01. The third-order valence-electron chi connectivity index (χ3n) is 5.44. The lowest BCUT2D eigenvalue weighted by atomic mass is 9.96. The minimum Gasteiger partial charge on any atom is -0.384 e. The van der Waals surface area contributed by atoms with E-state index < -0.39 is 0 Å². The number of aryl methyl sites for hydroxylation is 1. The normalized spacial score (nSPS) is 17.5. The number of benzene rings is 2. The summed E-state index contributed by atoms with van der Waals surface area (Å²) in [7, 11) is 2.16. The molecule has 1 aliphatic heterocycles. The SMILES string of the molecule is Cc1cccc(F)c1-c1cc(NC[C@H]2CCN(C)C2)c2cc(N)ncc2c1. The summed E-state index contributed by atoms with van der Waals surface area (Å²) in [5.41, 5.74) is 9.32. The Bertz CT molecular complexity index is 965. The molecule has 1 aliphatic rings. The molecular formula is C22H25FN4. The standard InChI is InChI=1S/C22H25FN4/c1-14-4-3-5-19(23)22(14)16-8-17-12-26-21(24)10-18(17)20(9-16)25-11-15-6-7-27(2)13-15/h3-5,8-10,12,15,25H,6-7,11,13H2,1-2H3,(H2,24,26)/t15-/m1/s1. The molecule has 0 amide bonds. The molecule has 0 unspecified atom stereocenters. The number of likely N-dealkylation sites (tertiary alicyclic amines) is 1. The Morgan fingerprint density at radius 2 is 2.15 bits per heavy atom. The van der Waals surface area contributed by atoms with Crippen LogP contribution in [0.25, 0.3) is 21.9 Å².